The number of amides is 1. The SMILES string of the molecule is CCC1CCCCN1C(=O)c1ccc(S(=O)(=O)N(CC)c2ccccc2)cc1. The van der Waals surface area contributed by atoms with Gasteiger partial charge in [-0.3, -0.25) is 9.10 Å². The molecule has 5 nitrogen and oxygen atoms in total. The van der Waals surface area contributed by atoms with Gasteiger partial charge in [0.15, 0.2) is 0 Å². The largest absolute Gasteiger partial charge is 0.336 e. The number of para-hydroxylation sites is 1. The van der Waals surface area contributed by atoms with Gasteiger partial charge in [-0.25, -0.2) is 8.42 Å². The third-order valence-corrected chi connectivity index (χ3v) is 7.30. The normalized spacial score (nSPS) is 17.4. The van der Waals surface area contributed by atoms with Crippen LogP contribution in [0.3, 0.4) is 0 Å². The molecule has 28 heavy (non-hydrogen) atoms. The number of nitrogens with zero attached hydrogens (tertiary/aromatic N) is 2. The lowest BCUT2D eigenvalue weighted by Gasteiger charge is -2.35. The first-order valence-corrected chi connectivity index (χ1v) is 11.4. The highest BCUT2D eigenvalue weighted by Gasteiger charge is 2.27. The highest BCUT2D eigenvalue weighted by Crippen LogP contribution is 2.25. The van der Waals surface area contributed by atoms with Crippen LogP contribution in [0.25, 0.3) is 0 Å². The van der Waals surface area contributed by atoms with Gasteiger partial charge in [-0.1, -0.05) is 25.1 Å². The van der Waals surface area contributed by atoms with Crippen LogP contribution in [0.1, 0.15) is 49.9 Å². The van der Waals surface area contributed by atoms with E-state index in [0.717, 1.165) is 32.2 Å². The molecule has 0 spiro atoms. The van der Waals surface area contributed by atoms with Crippen molar-refractivity contribution in [2.75, 3.05) is 17.4 Å². The molecule has 0 saturated carbocycles. The first kappa shape index (κ1) is 20.4. The van der Waals surface area contributed by atoms with E-state index in [9.17, 15) is 13.2 Å². The van der Waals surface area contributed by atoms with Crippen molar-refractivity contribution in [2.45, 2.75) is 50.5 Å². The van der Waals surface area contributed by atoms with Crippen LogP contribution in [-0.2, 0) is 10.0 Å². The van der Waals surface area contributed by atoms with Crippen LogP contribution in [0.5, 0.6) is 0 Å². The van der Waals surface area contributed by atoms with Crippen molar-refractivity contribution in [1.82, 2.24) is 4.90 Å². The summed E-state index contributed by atoms with van der Waals surface area (Å²) in [7, 11) is -3.68. The Bertz CT molecular complexity index is 895. The summed E-state index contributed by atoms with van der Waals surface area (Å²) in [6.07, 6.45) is 4.17. The number of likely N-dealkylation sites (tertiary alicyclic amines) is 1. The summed E-state index contributed by atoms with van der Waals surface area (Å²) in [4.78, 5) is 15.0. The highest BCUT2D eigenvalue weighted by atomic mass is 32.2. The van der Waals surface area contributed by atoms with Gasteiger partial charge in [-0.05, 0) is 69.0 Å². The molecule has 0 N–H and O–H groups in total. The number of rotatable bonds is 6. The highest BCUT2D eigenvalue weighted by molar-refractivity contribution is 7.92. The summed E-state index contributed by atoms with van der Waals surface area (Å²) >= 11 is 0. The second-order valence-corrected chi connectivity index (χ2v) is 8.95. The van der Waals surface area contributed by atoms with E-state index in [2.05, 4.69) is 6.92 Å². The van der Waals surface area contributed by atoms with Gasteiger partial charge in [0.25, 0.3) is 15.9 Å². The molecule has 6 heteroatoms. The molecule has 0 radical (unpaired) electrons. The minimum atomic E-state index is -3.68. The van der Waals surface area contributed by atoms with E-state index in [1.165, 1.54) is 4.31 Å². The summed E-state index contributed by atoms with van der Waals surface area (Å²) in [6, 6.07) is 15.7. The van der Waals surface area contributed by atoms with Crippen LogP contribution in [0.4, 0.5) is 5.69 Å². The molecule has 1 saturated heterocycles. The van der Waals surface area contributed by atoms with Gasteiger partial charge in [-0.2, -0.15) is 0 Å². The van der Waals surface area contributed by atoms with E-state index in [0.29, 0.717) is 17.8 Å². The lowest BCUT2D eigenvalue weighted by molar-refractivity contribution is 0.0608. The third-order valence-electron chi connectivity index (χ3n) is 5.38. The number of anilines is 1. The molecule has 0 aromatic heterocycles. The van der Waals surface area contributed by atoms with Gasteiger partial charge < -0.3 is 4.90 Å². The first-order chi connectivity index (χ1) is 13.5. The molecule has 150 valence electrons. The summed E-state index contributed by atoms with van der Waals surface area (Å²) < 4.78 is 27.5. The number of benzene rings is 2. The third kappa shape index (κ3) is 4.07. The van der Waals surface area contributed by atoms with Crippen molar-refractivity contribution >= 4 is 21.6 Å². The molecule has 1 fully saturated rings. The Balaban J connectivity index is 1.84. The molecule has 1 amide bonds. The molecular weight excluding hydrogens is 372 g/mol. The second kappa shape index (κ2) is 8.78. The molecule has 1 atom stereocenters. The minimum Gasteiger partial charge on any atom is -0.336 e. The zero-order valence-corrected chi connectivity index (χ0v) is 17.4. The quantitative estimate of drug-likeness (QED) is 0.726. The Labute approximate surface area is 168 Å². The Hall–Kier alpha value is -2.34. The van der Waals surface area contributed by atoms with Crippen molar-refractivity contribution in [1.29, 1.82) is 0 Å². The Morgan fingerprint density at radius 2 is 1.71 bits per heavy atom. The predicted octanol–water partition coefficient (Wildman–Crippen LogP) is 4.31. The summed E-state index contributed by atoms with van der Waals surface area (Å²) in [5.41, 5.74) is 1.17. The monoisotopic (exact) mass is 400 g/mol. The Morgan fingerprint density at radius 1 is 1.04 bits per heavy atom. The number of hydrogen-bond acceptors (Lipinski definition) is 3. The van der Waals surface area contributed by atoms with Crippen LogP contribution in [0.15, 0.2) is 59.5 Å². The average Bonchev–Trinajstić information content (AvgIpc) is 2.74. The molecule has 2 aromatic rings. The van der Waals surface area contributed by atoms with Gasteiger partial charge >= 0.3 is 0 Å². The molecule has 1 aliphatic heterocycles. The molecule has 1 unspecified atom stereocenters. The minimum absolute atomic E-state index is 0.00842. The van der Waals surface area contributed by atoms with E-state index >= 15 is 0 Å². The van der Waals surface area contributed by atoms with Crippen LogP contribution in [0.2, 0.25) is 0 Å². The summed E-state index contributed by atoms with van der Waals surface area (Å²) in [5, 5.41) is 0. The van der Waals surface area contributed by atoms with Gasteiger partial charge in [0.2, 0.25) is 0 Å². The number of carbonyl (C=O) groups excluding carboxylic acids is 1. The molecule has 0 bridgehead atoms. The lowest BCUT2D eigenvalue weighted by Crippen LogP contribution is -2.43. The zero-order valence-electron chi connectivity index (χ0n) is 16.5. The van der Waals surface area contributed by atoms with E-state index in [1.807, 2.05) is 30.0 Å². The van der Waals surface area contributed by atoms with Crippen LogP contribution in [-0.4, -0.2) is 38.4 Å². The zero-order chi connectivity index (χ0) is 20.1. The van der Waals surface area contributed by atoms with E-state index < -0.39 is 10.0 Å². The van der Waals surface area contributed by atoms with Crippen molar-refractivity contribution in [3.05, 3.63) is 60.2 Å². The Morgan fingerprint density at radius 3 is 2.32 bits per heavy atom. The number of piperidine rings is 1. The fourth-order valence-corrected chi connectivity index (χ4v) is 5.31. The smallest absolute Gasteiger partial charge is 0.264 e. The molecule has 3 rings (SSSR count). The molecule has 1 aliphatic rings. The van der Waals surface area contributed by atoms with Gasteiger partial charge in [-0.15, -0.1) is 0 Å². The average molecular weight is 401 g/mol. The summed E-state index contributed by atoms with van der Waals surface area (Å²) in [5.74, 6) is -0.00842. The van der Waals surface area contributed by atoms with E-state index in [-0.39, 0.29) is 16.8 Å². The van der Waals surface area contributed by atoms with Crippen LogP contribution in [0, 0.1) is 0 Å². The predicted molar refractivity (Wildman–Crippen MR) is 112 cm³/mol. The van der Waals surface area contributed by atoms with Crippen LogP contribution < -0.4 is 4.31 Å². The molecule has 1 heterocycles. The topological polar surface area (TPSA) is 57.7 Å². The number of carbonyl (C=O) groups is 1. The van der Waals surface area contributed by atoms with Gasteiger partial charge in [0.1, 0.15) is 0 Å². The lowest BCUT2D eigenvalue weighted by atomic mass is 9.99. The van der Waals surface area contributed by atoms with Crippen molar-refractivity contribution < 1.29 is 13.2 Å². The van der Waals surface area contributed by atoms with Crippen molar-refractivity contribution in [3.63, 3.8) is 0 Å². The van der Waals surface area contributed by atoms with E-state index in [1.54, 1.807) is 36.4 Å². The Kier molecular flexibility index (Phi) is 6.39. The second-order valence-electron chi connectivity index (χ2n) is 7.09. The van der Waals surface area contributed by atoms with E-state index in [4.69, 9.17) is 0 Å². The van der Waals surface area contributed by atoms with Crippen LogP contribution >= 0.6 is 0 Å². The molecule has 0 aliphatic carbocycles. The van der Waals surface area contributed by atoms with Gasteiger partial charge in [0.05, 0.1) is 10.6 Å². The standard InChI is InChI=1S/C22H28N2O3S/c1-3-19-10-8-9-17-23(19)22(25)18-13-15-21(16-14-18)28(26,27)24(4-2)20-11-6-5-7-12-20/h5-7,11-16,19H,3-4,8-10,17H2,1-2H3. The van der Waals surface area contributed by atoms with Crippen molar-refractivity contribution in [3.8, 4) is 0 Å². The number of sulfonamides is 1. The maximum atomic E-state index is 13.1. The fourth-order valence-electron chi connectivity index (χ4n) is 3.84. The maximum Gasteiger partial charge on any atom is 0.264 e. The molecule has 2 aromatic carbocycles. The number of hydrogen-bond donors (Lipinski definition) is 0. The van der Waals surface area contributed by atoms with Crippen molar-refractivity contribution in [2.24, 2.45) is 0 Å². The molecular formula is C22H28N2O3S. The maximum absolute atomic E-state index is 13.1. The fraction of sp³-hybridized carbons (Fsp3) is 0.409. The summed E-state index contributed by atoms with van der Waals surface area (Å²) in [6.45, 7) is 5.02. The first-order valence-electron chi connectivity index (χ1n) is 9.97. The van der Waals surface area contributed by atoms with Gasteiger partial charge in [0, 0.05) is 24.7 Å².